The van der Waals surface area contributed by atoms with Gasteiger partial charge in [-0.1, -0.05) is 12.1 Å². The summed E-state index contributed by atoms with van der Waals surface area (Å²) in [5.74, 6) is -0.0486. The molecule has 0 radical (unpaired) electrons. The van der Waals surface area contributed by atoms with Crippen LogP contribution < -0.4 is 4.74 Å². The lowest BCUT2D eigenvalue weighted by Crippen LogP contribution is -2.23. The monoisotopic (exact) mass is 393 g/mol. The lowest BCUT2D eigenvalue weighted by atomic mass is 10.1. The summed E-state index contributed by atoms with van der Waals surface area (Å²) in [4.78, 5) is 12.7. The molecule has 0 amide bonds. The lowest BCUT2D eigenvalue weighted by Gasteiger charge is -2.21. The van der Waals surface area contributed by atoms with Crippen LogP contribution in [0.1, 0.15) is 38.1 Å². The number of rotatable bonds is 3. The molecule has 28 heavy (non-hydrogen) atoms. The van der Waals surface area contributed by atoms with Gasteiger partial charge < -0.3 is 4.74 Å². The van der Waals surface area contributed by atoms with Crippen molar-refractivity contribution in [3.05, 3.63) is 72.0 Å². The van der Waals surface area contributed by atoms with Gasteiger partial charge in [0.25, 0.3) is 0 Å². The first kappa shape index (κ1) is 18.6. The highest BCUT2D eigenvalue weighted by Crippen LogP contribution is 2.49. The van der Waals surface area contributed by atoms with Crippen LogP contribution in [0.15, 0.2) is 60.7 Å². The third-order valence-corrected chi connectivity index (χ3v) is 6.88. The number of thiophene rings is 1. The number of halogens is 1. The molecule has 1 aromatic heterocycles. The fourth-order valence-corrected chi connectivity index (χ4v) is 5.77. The molecule has 4 heteroatoms. The van der Waals surface area contributed by atoms with Gasteiger partial charge in [0.15, 0.2) is 31.6 Å². The second-order valence-electron chi connectivity index (χ2n) is 7.88. The first-order valence-electron chi connectivity index (χ1n) is 9.22. The Hall–Kier alpha value is -2.72. The molecule has 3 aromatic carbocycles. The summed E-state index contributed by atoms with van der Waals surface area (Å²) in [6.45, 7) is 7.28. The summed E-state index contributed by atoms with van der Waals surface area (Å²) in [6.07, 6.45) is 0. The Morgan fingerprint density at radius 2 is 1.64 bits per heavy atom. The normalized spacial score (nSPS) is 12.5. The van der Waals surface area contributed by atoms with Gasteiger partial charge in [0, 0.05) is 38.9 Å². The lowest BCUT2D eigenvalue weighted by molar-refractivity contribution is 0.101. The molecular weight excluding hydrogens is 371 g/mol. The zero-order valence-corrected chi connectivity index (χ0v) is 17.2. The van der Waals surface area contributed by atoms with E-state index in [2.05, 4.69) is 12.1 Å². The van der Waals surface area contributed by atoms with Crippen LogP contribution in [-0.4, -0.2) is 11.4 Å². The first-order valence-corrected chi connectivity index (χ1v) is 10.4. The van der Waals surface area contributed by atoms with E-state index in [1.165, 1.54) is 0 Å². The van der Waals surface area contributed by atoms with E-state index < -0.39 is 16.1 Å². The fraction of sp³-hybridized carbons (Fsp3) is 0.208. The molecule has 0 N–H and O–H groups in total. The predicted molar refractivity (Wildman–Crippen MR) is 116 cm³/mol. The minimum atomic E-state index is -0.458. The van der Waals surface area contributed by atoms with Crippen LogP contribution in [-0.2, 0) is 0 Å². The Kier molecular flexibility index (Phi) is 4.47. The third-order valence-electron chi connectivity index (χ3n) is 4.56. The molecule has 4 aromatic rings. The smallest absolute Gasteiger partial charge is 0.187 e. The molecule has 1 unspecified atom stereocenters. The summed E-state index contributed by atoms with van der Waals surface area (Å²) in [5.41, 5.74) is 0.236. The van der Waals surface area contributed by atoms with Crippen LogP contribution in [0, 0.1) is 5.82 Å². The van der Waals surface area contributed by atoms with Gasteiger partial charge in [0.1, 0.15) is 5.60 Å². The molecule has 0 aliphatic rings. The van der Waals surface area contributed by atoms with Crippen molar-refractivity contribution < 1.29 is 13.9 Å². The molecule has 142 valence electrons. The molecule has 0 saturated carbocycles. The maximum atomic E-state index is 14.8. The second-order valence-corrected chi connectivity index (χ2v) is 9.84. The van der Waals surface area contributed by atoms with Gasteiger partial charge in [-0.2, -0.15) is 0 Å². The van der Waals surface area contributed by atoms with E-state index in [9.17, 15) is 9.18 Å². The Balaban J connectivity index is 1.95. The van der Waals surface area contributed by atoms with E-state index in [1.54, 1.807) is 19.1 Å². The number of carbonyl (C=O) groups is 1. The molecule has 0 aliphatic heterocycles. The van der Waals surface area contributed by atoms with E-state index in [1.807, 2.05) is 57.2 Å². The van der Waals surface area contributed by atoms with Gasteiger partial charge in [-0.15, -0.1) is 0 Å². The van der Waals surface area contributed by atoms with Gasteiger partial charge in [0.2, 0.25) is 0 Å². The van der Waals surface area contributed by atoms with E-state index in [-0.39, 0.29) is 17.3 Å². The summed E-state index contributed by atoms with van der Waals surface area (Å²) < 4.78 is 22.8. The molecule has 4 rings (SSSR count). The Bertz CT molecular complexity index is 1210. The number of hydrogen-bond donors (Lipinski definition) is 0. The van der Waals surface area contributed by atoms with Gasteiger partial charge >= 0.3 is 0 Å². The number of Topliss-reactive ketones (excluding diaryl/α,β-unsaturated/α-hetero) is 1. The molecule has 1 heterocycles. The summed E-state index contributed by atoms with van der Waals surface area (Å²) in [5, 5.41) is 2.17. The van der Waals surface area contributed by atoms with Crippen LogP contribution in [0.4, 0.5) is 4.39 Å². The Morgan fingerprint density at radius 3 is 2.32 bits per heavy atom. The highest BCUT2D eigenvalue weighted by Gasteiger charge is 2.26. The SMILES string of the molecule is CC(=O)c1ccc2c(c1)c1ccccc1[s+]2-c1ccc(OC(C)(C)C)c(F)c1. The molecule has 0 aliphatic carbocycles. The number of ketones is 1. The summed E-state index contributed by atoms with van der Waals surface area (Å²) >= 11 is 0. The number of ether oxygens (including phenoxy) is 1. The highest BCUT2D eigenvalue weighted by molar-refractivity contribution is 7.50. The van der Waals surface area contributed by atoms with Gasteiger partial charge in [-0.25, -0.2) is 4.39 Å². The summed E-state index contributed by atoms with van der Waals surface area (Å²) in [7, 11) is -0.411. The van der Waals surface area contributed by atoms with E-state index in [0.29, 0.717) is 5.56 Å². The maximum absolute atomic E-state index is 14.8. The second kappa shape index (κ2) is 6.71. The Morgan fingerprint density at radius 1 is 0.929 bits per heavy atom. The highest BCUT2D eigenvalue weighted by atomic mass is 32.2. The van der Waals surface area contributed by atoms with Crippen LogP contribution >= 0.6 is 10.5 Å². The number of benzene rings is 3. The minimum absolute atomic E-state index is 0.0433. The third kappa shape index (κ3) is 3.29. The average molecular weight is 394 g/mol. The van der Waals surface area contributed by atoms with Crippen molar-refractivity contribution in [3.8, 4) is 10.6 Å². The molecule has 0 bridgehead atoms. The molecular formula is C24H22FO2S+. The van der Waals surface area contributed by atoms with Crippen LogP contribution in [0.5, 0.6) is 5.75 Å². The van der Waals surface area contributed by atoms with Crippen LogP contribution in [0.3, 0.4) is 0 Å². The zero-order valence-electron chi connectivity index (χ0n) is 16.4. The number of carbonyl (C=O) groups excluding carboxylic acids is 1. The first-order chi connectivity index (χ1) is 13.2. The van der Waals surface area contributed by atoms with E-state index in [0.717, 1.165) is 25.1 Å². The molecule has 0 saturated heterocycles. The zero-order chi connectivity index (χ0) is 20.1. The quantitative estimate of drug-likeness (QED) is 0.271. The van der Waals surface area contributed by atoms with Crippen molar-refractivity contribution in [2.24, 2.45) is 0 Å². The Labute approximate surface area is 166 Å². The number of hydrogen-bond acceptors (Lipinski definition) is 2. The predicted octanol–water partition coefficient (Wildman–Crippen LogP) is 7.25. The van der Waals surface area contributed by atoms with Gasteiger partial charge in [-0.3, -0.25) is 4.79 Å². The minimum Gasteiger partial charge on any atom is -0.485 e. The maximum Gasteiger partial charge on any atom is 0.187 e. The fourth-order valence-electron chi connectivity index (χ4n) is 3.40. The molecule has 0 spiro atoms. The topological polar surface area (TPSA) is 26.3 Å². The van der Waals surface area contributed by atoms with Crippen molar-refractivity contribution in [2.75, 3.05) is 0 Å². The van der Waals surface area contributed by atoms with E-state index in [4.69, 9.17) is 4.74 Å². The van der Waals surface area contributed by atoms with Crippen molar-refractivity contribution in [1.82, 2.24) is 0 Å². The van der Waals surface area contributed by atoms with Crippen molar-refractivity contribution in [2.45, 2.75) is 33.3 Å². The molecule has 0 fully saturated rings. The largest absolute Gasteiger partial charge is 0.485 e. The molecule has 1 atom stereocenters. The van der Waals surface area contributed by atoms with Crippen molar-refractivity contribution in [3.63, 3.8) is 0 Å². The average Bonchev–Trinajstić information content (AvgIpc) is 2.96. The van der Waals surface area contributed by atoms with E-state index >= 15 is 0 Å². The van der Waals surface area contributed by atoms with Gasteiger partial charge in [-0.05, 0) is 64.1 Å². The van der Waals surface area contributed by atoms with Crippen molar-refractivity contribution >= 4 is 36.4 Å². The number of fused-ring (bicyclic) bond motifs is 3. The summed E-state index contributed by atoms with van der Waals surface area (Å²) in [6, 6.07) is 19.2. The van der Waals surface area contributed by atoms with Crippen LogP contribution in [0.25, 0.3) is 25.1 Å². The van der Waals surface area contributed by atoms with Crippen LogP contribution in [0.2, 0.25) is 0 Å². The molecule has 2 nitrogen and oxygen atoms in total. The van der Waals surface area contributed by atoms with Gasteiger partial charge in [0.05, 0.1) is 0 Å². The van der Waals surface area contributed by atoms with Crippen molar-refractivity contribution in [1.29, 1.82) is 0 Å². The standard InChI is InChI=1S/C24H22FO2S/c1-15(26)16-9-12-23-19(13-16)18-7-5-6-8-22(18)28(23)17-10-11-21(20(25)14-17)27-24(2,3)4/h5-14H,1-4H3/q+1.